The molecule has 1 amide bonds. The average molecular weight is 214 g/mol. The molecule has 88 valence electrons. The zero-order chi connectivity index (χ0) is 11.1. The lowest BCUT2D eigenvalue weighted by molar-refractivity contribution is 0.115. The van der Waals surface area contributed by atoms with Crippen molar-refractivity contribution < 1.29 is 9.53 Å². The van der Waals surface area contributed by atoms with Crippen LogP contribution in [0.3, 0.4) is 0 Å². The Morgan fingerprint density at radius 2 is 2.33 bits per heavy atom. The molecule has 1 atom stereocenters. The molecule has 1 aliphatic rings. The molecule has 4 heteroatoms. The molecule has 0 aromatic rings. The van der Waals surface area contributed by atoms with E-state index >= 15 is 0 Å². The summed E-state index contributed by atoms with van der Waals surface area (Å²) < 4.78 is 4.96. The zero-order valence-corrected chi connectivity index (χ0v) is 9.79. The largest absolute Gasteiger partial charge is 0.450 e. The third-order valence-electron chi connectivity index (χ3n) is 2.68. The Morgan fingerprint density at radius 3 is 3.00 bits per heavy atom. The van der Waals surface area contributed by atoms with Crippen LogP contribution in [-0.4, -0.2) is 43.3 Å². The molecular formula is C11H22N2O2. The first-order valence-electron chi connectivity index (χ1n) is 5.93. The third kappa shape index (κ3) is 4.08. The van der Waals surface area contributed by atoms with Gasteiger partial charge < -0.3 is 15.0 Å². The van der Waals surface area contributed by atoms with Crippen molar-refractivity contribution in [3.63, 3.8) is 0 Å². The van der Waals surface area contributed by atoms with Gasteiger partial charge in [-0.05, 0) is 26.3 Å². The molecular weight excluding hydrogens is 192 g/mol. The monoisotopic (exact) mass is 214 g/mol. The van der Waals surface area contributed by atoms with Crippen molar-refractivity contribution in [3.05, 3.63) is 0 Å². The number of amides is 1. The van der Waals surface area contributed by atoms with Crippen LogP contribution in [0.2, 0.25) is 0 Å². The summed E-state index contributed by atoms with van der Waals surface area (Å²) in [5, 5.41) is 3.46. The fourth-order valence-electron chi connectivity index (χ4n) is 1.79. The molecule has 15 heavy (non-hydrogen) atoms. The molecule has 1 saturated heterocycles. The molecule has 1 rings (SSSR count). The quantitative estimate of drug-likeness (QED) is 0.707. The Bertz CT molecular complexity index is 197. The standard InChI is InChI=1S/C11H22N2O2/c1-3-5-7-12-10-6-8-13(9-10)11(14)15-4-2/h10,12H,3-9H2,1-2H3. The van der Waals surface area contributed by atoms with Crippen LogP contribution in [-0.2, 0) is 4.74 Å². The first-order valence-corrected chi connectivity index (χ1v) is 5.93. The lowest BCUT2D eigenvalue weighted by Crippen LogP contribution is -2.35. The Balaban J connectivity index is 2.17. The summed E-state index contributed by atoms with van der Waals surface area (Å²) in [7, 11) is 0. The number of unbranched alkanes of at least 4 members (excludes halogenated alkanes) is 1. The number of nitrogens with zero attached hydrogens (tertiary/aromatic N) is 1. The zero-order valence-electron chi connectivity index (χ0n) is 9.79. The van der Waals surface area contributed by atoms with E-state index in [0.29, 0.717) is 12.6 Å². The van der Waals surface area contributed by atoms with Crippen molar-refractivity contribution in [2.45, 2.75) is 39.2 Å². The van der Waals surface area contributed by atoms with Gasteiger partial charge >= 0.3 is 6.09 Å². The van der Waals surface area contributed by atoms with Crippen LogP contribution in [0.25, 0.3) is 0 Å². The maximum atomic E-state index is 11.4. The van der Waals surface area contributed by atoms with Gasteiger partial charge in [0.1, 0.15) is 0 Å². The van der Waals surface area contributed by atoms with Crippen LogP contribution in [0.4, 0.5) is 4.79 Å². The molecule has 0 radical (unpaired) electrons. The van der Waals surface area contributed by atoms with E-state index in [4.69, 9.17) is 4.74 Å². The summed E-state index contributed by atoms with van der Waals surface area (Å²) in [6, 6.07) is 0.459. The van der Waals surface area contributed by atoms with E-state index in [2.05, 4.69) is 12.2 Å². The van der Waals surface area contributed by atoms with E-state index < -0.39 is 0 Å². The van der Waals surface area contributed by atoms with Gasteiger partial charge in [0.15, 0.2) is 0 Å². The number of likely N-dealkylation sites (tertiary alicyclic amines) is 1. The van der Waals surface area contributed by atoms with E-state index in [0.717, 1.165) is 26.1 Å². The molecule has 0 aliphatic carbocycles. The number of ether oxygens (including phenoxy) is 1. The second-order valence-corrected chi connectivity index (χ2v) is 3.94. The van der Waals surface area contributed by atoms with Crippen LogP contribution in [0, 0.1) is 0 Å². The molecule has 4 nitrogen and oxygen atoms in total. The summed E-state index contributed by atoms with van der Waals surface area (Å²) in [6.45, 7) is 7.15. The van der Waals surface area contributed by atoms with Crippen molar-refractivity contribution in [3.8, 4) is 0 Å². The van der Waals surface area contributed by atoms with Crippen LogP contribution in [0.5, 0.6) is 0 Å². The summed E-state index contributed by atoms with van der Waals surface area (Å²) in [4.78, 5) is 13.2. The van der Waals surface area contributed by atoms with E-state index in [9.17, 15) is 4.79 Å². The van der Waals surface area contributed by atoms with Gasteiger partial charge in [-0.3, -0.25) is 0 Å². The number of hydrogen-bond donors (Lipinski definition) is 1. The SMILES string of the molecule is CCCCNC1CCN(C(=O)OCC)C1. The molecule has 0 bridgehead atoms. The summed E-state index contributed by atoms with van der Waals surface area (Å²) >= 11 is 0. The highest BCUT2D eigenvalue weighted by atomic mass is 16.6. The summed E-state index contributed by atoms with van der Waals surface area (Å²) in [5.41, 5.74) is 0. The number of carbonyl (C=O) groups is 1. The van der Waals surface area contributed by atoms with Gasteiger partial charge in [-0.25, -0.2) is 4.79 Å². The van der Waals surface area contributed by atoms with Gasteiger partial charge in [-0.15, -0.1) is 0 Å². The second-order valence-electron chi connectivity index (χ2n) is 3.94. The lowest BCUT2D eigenvalue weighted by Gasteiger charge is -2.16. The van der Waals surface area contributed by atoms with Crippen molar-refractivity contribution in [1.82, 2.24) is 10.2 Å². The van der Waals surface area contributed by atoms with Gasteiger partial charge in [0, 0.05) is 19.1 Å². The minimum Gasteiger partial charge on any atom is -0.450 e. The Morgan fingerprint density at radius 1 is 1.53 bits per heavy atom. The highest BCUT2D eigenvalue weighted by Crippen LogP contribution is 2.10. The maximum absolute atomic E-state index is 11.4. The molecule has 1 unspecified atom stereocenters. The average Bonchev–Trinajstić information content (AvgIpc) is 2.67. The van der Waals surface area contributed by atoms with Crippen molar-refractivity contribution >= 4 is 6.09 Å². The van der Waals surface area contributed by atoms with Gasteiger partial charge in [-0.2, -0.15) is 0 Å². The molecule has 0 saturated carbocycles. The van der Waals surface area contributed by atoms with E-state index in [1.54, 1.807) is 4.90 Å². The predicted molar refractivity (Wildman–Crippen MR) is 59.9 cm³/mol. The Hall–Kier alpha value is -0.770. The topological polar surface area (TPSA) is 41.6 Å². The Labute approximate surface area is 92.0 Å². The molecule has 0 aromatic carbocycles. The van der Waals surface area contributed by atoms with E-state index in [-0.39, 0.29) is 6.09 Å². The van der Waals surface area contributed by atoms with E-state index in [1.165, 1.54) is 12.8 Å². The predicted octanol–water partition coefficient (Wildman–Crippen LogP) is 1.61. The minimum absolute atomic E-state index is 0.169. The fraction of sp³-hybridized carbons (Fsp3) is 0.909. The maximum Gasteiger partial charge on any atom is 0.409 e. The van der Waals surface area contributed by atoms with Gasteiger partial charge in [0.2, 0.25) is 0 Å². The molecule has 1 N–H and O–H groups in total. The second kappa shape index (κ2) is 6.67. The molecule has 1 aliphatic heterocycles. The molecule has 0 spiro atoms. The van der Waals surface area contributed by atoms with Gasteiger partial charge in [-0.1, -0.05) is 13.3 Å². The lowest BCUT2D eigenvalue weighted by atomic mass is 10.2. The van der Waals surface area contributed by atoms with Gasteiger partial charge in [0.05, 0.1) is 6.61 Å². The van der Waals surface area contributed by atoms with Crippen molar-refractivity contribution in [2.24, 2.45) is 0 Å². The molecule has 1 fully saturated rings. The number of rotatable bonds is 5. The minimum atomic E-state index is -0.169. The number of carbonyl (C=O) groups excluding carboxylic acids is 1. The highest BCUT2D eigenvalue weighted by molar-refractivity contribution is 5.68. The first kappa shape index (κ1) is 12.3. The van der Waals surface area contributed by atoms with Gasteiger partial charge in [0.25, 0.3) is 0 Å². The summed E-state index contributed by atoms with van der Waals surface area (Å²) in [6.07, 6.45) is 3.29. The summed E-state index contributed by atoms with van der Waals surface area (Å²) in [5.74, 6) is 0. The highest BCUT2D eigenvalue weighted by Gasteiger charge is 2.26. The fourth-order valence-corrected chi connectivity index (χ4v) is 1.79. The van der Waals surface area contributed by atoms with Crippen molar-refractivity contribution in [2.75, 3.05) is 26.2 Å². The smallest absolute Gasteiger partial charge is 0.409 e. The van der Waals surface area contributed by atoms with Crippen LogP contribution in [0.1, 0.15) is 33.1 Å². The number of nitrogens with one attached hydrogen (secondary N) is 1. The number of hydrogen-bond acceptors (Lipinski definition) is 3. The van der Waals surface area contributed by atoms with Crippen LogP contribution in [0.15, 0.2) is 0 Å². The third-order valence-corrected chi connectivity index (χ3v) is 2.68. The molecule has 0 aromatic heterocycles. The van der Waals surface area contributed by atoms with Crippen LogP contribution >= 0.6 is 0 Å². The van der Waals surface area contributed by atoms with E-state index in [1.807, 2.05) is 6.92 Å². The molecule has 1 heterocycles. The first-order chi connectivity index (χ1) is 7.27. The van der Waals surface area contributed by atoms with Crippen LogP contribution < -0.4 is 5.32 Å². The Kier molecular flexibility index (Phi) is 5.47. The normalized spacial score (nSPS) is 20.7. The van der Waals surface area contributed by atoms with Crippen molar-refractivity contribution in [1.29, 1.82) is 0 Å².